The Morgan fingerprint density at radius 3 is 2.68 bits per heavy atom. The molecule has 6 nitrogen and oxygen atoms in total. The molecule has 0 radical (unpaired) electrons. The van der Waals surface area contributed by atoms with E-state index in [2.05, 4.69) is 5.32 Å². The van der Waals surface area contributed by atoms with Gasteiger partial charge in [0.2, 0.25) is 0 Å². The molecule has 7 heteroatoms. The number of aromatic carboxylic acids is 1. The molecule has 0 aromatic heterocycles. The van der Waals surface area contributed by atoms with Gasteiger partial charge in [-0.2, -0.15) is 11.8 Å². The van der Waals surface area contributed by atoms with Gasteiger partial charge >= 0.3 is 5.97 Å². The molecule has 1 aliphatic rings. The number of nitro benzene ring substituents is 1. The maximum Gasteiger partial charge on any atom is 0.342 e. The molecule has 0 spiro atoms. The first-order chi connectivity index (χ1) is 9.08. The third kappa shape index (κ3) is 3.37. The maximum absolute atomic E-state index is 11.0. The molecule has 0 aliphatic carbocycles. The Morgan fingerprint density at radius 2 is 2.11 bits per heavy atom. The van der Waals surface area contributed by atoms with Gasteiger partial charge in [-0.25, -0.2) is 4.79 Å². The van der Waals surface area contributed by atoms with Gasteiger partial charge in [-0.3, -0.25) is 10.1 Å². The third-order valence-corrected chi connectivity index (χ3v) is 4.06. The van der Waals surface area contributed by atoms with Crippen molar-refractivity contribution >= 4 is 29.1 Å². The van der Waals surface area contributed by atoms with Crippen molar-refractivity contribution in [2.75, 3.05) is 16.8 Å². The number of carbonyl (C=O) groups is 1. The number of hydrogen-bond acceptors (Lipinski definition) is 5. The summed E-state index contributed by atoms with van der Waals surface area (Å²) < 4.78 is 0. The summed E-state index contributed by atoms with van der Waals surface area (Å²) >= 11 is 1.90. The summed E-state index contributed by atoms with van der Waals surface area (Å²) in [6.45, 7) is 0. The number of benzene rings is 1. The number of carboxylic acids is 1. The minimum Gasteiger partial charge on any atom is -0.477 e. The molecule has 1 aromatic carbocycles. The molecule has 1 aromatic rings. The number of nitrogens with zero attached hydrogens (tertiary/aromatic N) is 1. The monoisotopic (exact) mass is 282 g/mol. The van der Waals surface area contributed by atoms with E-state index < -0.39 is 10.9 Å². The SMILES string of the molecule is O=C(O)c1cc(NC2CCSCC2)ccc1[N+](=O)[O-]. The third-order valence-electron chi connectivity index (χ3n) is 3.02. The maximum atomic E-state index is 11.0. The fraction of sp³-hybridized carbons (Fsp3) is 0.417. The molecular weight excluding hydrogens is 268 g/mol. The molecular formula is C12H14N2O4S. The van der Waals surface area contributed by atoms with E-state index in [4.69, 9.17) is 5.11 Å². The first-order valence-electron chi connectivity index (χ1n) is 5.94. The zero-order valence-corrected chi connectivity index (χ0v) is 11.0. The van der Waals surface area contributed by atoms with Crippen molar-refractivity contribution in [3.05, 3.63) is 33.9 Å². The van der Waals surface area contributed by atoms with E-state index in [0.717, 1.165) is 24.3 Å². The van der Waals surface area contributed by atoms with Crippen molar-refractivity contribution in [3.63, 3.8) is 0 Å². The molecule has 0 atom stereocenters. The van der Waals surface area contributed by atoms with Gasteiger partial charge < -0.3 is 10.4 Å². The van der Waals surface area contributed by atoms with Gasteiger partial charge in [0.05, 0.1) is 4.92 Å². The summed E-state index contributed by atoms with van der Waals surface area (Å²) in [7, 11) is 0. The highest BCUT2D eigenvalue weighted by molar-refractivity contribution is 7.99. The van der Waals surface area contributed by atoms with Gasteiger partial charge in [0.1, 0.15) is 5.56 Å². The van der Waals surface area contributed by atoms with Gasteiger partial charge in [0.15, 0.2) is 0 Å². The normalized spacial score (nSPS) is 16.0. The number of nitro groups is 1. The number of nitrogens with one attached hydrogen (secondary N) is 1. The predicted molar refractivity (Wildman–Crippen MR) is 74.0 cm³/mol. The molecule has 1 saturated heterocycles. The van der Waals surface area contributed by atoms with Crippen LogP contribution in [0.3, 0.4) is 0 Å². The summed E-state index contributed by atoms with van der Waals surface area (Å²) in [5, 5.41) is 23.0. The number of anilines is 1. The number of rotatable bonds is 4. The lowest BCUT2D eigenvalue weighted by Crippen LogP contribution is -2.24. The molecule has 2 N–H and O–H groups in total. The largest absolute Gasteiger partial charge is 0.477 e. The highest BCUT2D eigenvalue weighted by Gasteiger charge is 2.21. The predicted octanol–water partition coefficient (Wildman–Crippen LogP) is 2.60. The van der Waals surface area contributed by atoms with Crippen molar-refractivity contribution in [2.24, 2.45) is 0 Å². The molecule has 102 valence electrons. The van der Waals surface area contributed by atoms with Crippen molar-refractivity contribution in [1.29, 1.82) is 0 Å². The molecule has 2 rings (SSSR count). The lowest BCUT2D eigenvalue weighted by molar-refractivity contribution is -0.385. The zero-order valence-electron chi connectivity index (χ0n) is 10.2. The Kier molecular flexibility index (Phi) is 4.26. The first-order valence-corrected chi connectivity index (χ1v) is 7.09. The fourth-order valence-electron chi connectivity index (χ4n) is 2.03. The van der Waals surface area contributed by atoms with Crippen LogP contribution in [0.5, 0.6) is 0 Å². The molecule has 0 amide bonds. The smallest absolute Gasteiger partial charge is 0.342 e. The molecule has 0 unspecified atom stereocenters. The molecule has 0 bridgehead atoms. The van der Waals surface area contributed by atoms with Crippen LogP contribution in [0.2, 0.25) is 0 Å². The Balaban J connectivity index is 2.20. The van der Waals surface area contributed by atoms with Gasteiger partial charge in [-0.05, 0) is 36.5 Å². The molecule has 19 heavy (non-hydrogen) atoms. The number of carboxylic acid groups (broad SMARTS) is 1. The van der Waals surface area contributed by atoms with Crippen LogP contribution in [-0.4, -0.2) is 33.5 Å². The van der Waals surface area contributed by atoms with Crippen molar-refractivity contribution in [2.45, 2.75) is 18.9 Å². The minimum absolute atomic E-state index is 0.278. The van der Waals surface area contributed by atoms with Gasteiger partial charge in [0, 0.05) is 17.8 Å². The average molecular weight is 282 g/mol. The Bertz CT molecular complexity index is 501. The van der Waals surface area contributed by atoms with Crippen molar-refractivity contribution in [1.82, 2.24) is 0 Å². The van der Waals surface area contributed by atoms with E-state index in [0.29, 0.717) is 11.7 Å². The van der Waals surface area contributed by atoms with Crippen LogP contribution in [0.25, 0.3) is 0 Å². The summed E-state index contributed by atoms with van der Waals surface area (Å²) in [6.07, 6.45) is 2.04. The lowest BCUT2D eigenvalue weighted by atomic mass is 10.1. The van der Waals surface area contributed by atoms with Crippen molar-refractivity contribution in [3.8, 4) is 0 Å². The summed E-state index contributed by atoms with van der Waals surface area (Å²) in [6, 6.07) is 4.45. The summed E-state index contributed by atoms with van der Waals surface area (Å²) in [5.74, 6) is 0.877. The van der Waals surface area contributed by atoms with E-state index in [1.165, 1.54) is 12.1 Å². The van der Waals surface area contributed by atoms with E-state index in [9.17, 15) is 14.9 Å². The van der Waals surface area contributed by atoms with Crippen molar-refractivity contribution < 1.29 is 14.8 Å². The molecule has 0 saturated carbocycles. The highest BCUT2D eigenvalue weighted by Crippen LogP contribution is 2.25. The second kappa shape index (κ2) is 5.92. The molecule has 1 fully saturated rings. The highest BCUT2D eigenvalue weighted by atomic mass is 32.2. The van der Waals surface area contributed by atoms with Gasteiger partial charge in [-0.1, -0.05) is 0 Å². The van der Waals surface area contributed by atoms with E-state index in [1.54, 1.807) is 6.07 Å². The first kappa shape index (κ1) is 13.7. The Morgan fingerprint density at radius 1 is 1.42 bits per heavy atom. The second-order valence-corrected chi connectivity index (χ2v) is 5.55. The Hall–Kier alpha value is -1.76. The van der Waals surface area contributed by atoms with Crippen LogP contribution in [0, 0.1) is 10.1 Å². The van der Waals surface area contributed by atoms with Gasteiger partial charge in [0.25, 0.3) is 5.69 Å². The number of thioether (sulfide) groups is 1. The molecule has 1 heterocycles. The summed E-state index contributed by atoms with van der Waals surface area (Å²) in [5.41, 5.74) is -0.0302. The Labute approximate surface area is 114 Å². The fourth-order valence-corrected chi connectivity index (χ4v) is 3.14. The zero-order chi connectivity index (χ0) is 13.8. The topological polar surface area (TPSA) is 92.5 Å². The van der Waals surface area contributed by atoms with Crippen LogP contribution < -0.4 is 5.32 Å². The van der Waals surface area contributed by atoms with Crippen LogP contribution in [-0.2, 0) is 0 Å². The van der Waals surface area contributed by atoms with E-state index in [1.807, 2.05) is 11.8 Å². The van der Waals surface area contributed by atoms with Gasteiger partial charge in [-0.15, -0.1) is 0 Å². The average Bonchev–Trinajstić information content (AvgIpc) is 2.39. The van der Waals surface area contributed by atoms with Crippen LogP contribution in [0.1, 0.15) is 23.2 Å². The minimum atomic E-state index is -1.28. The standard InChI is InChI=1S/C12H14N2O4S/c15-12(16)10-7-9(1-2-11(10)14(17)18)13-8-3-5-19-6-4-8/h1-2,7-8,13H,3-6H2,(H,15,16). The van der Waals surface area contributed by atoms with E-state index >= 15 is 0 Å². The van der Waals surface area contributed by atoms with Crippen LogP contribution >= 0.6 is 11.8 Å². The van der Waals surface area contributed by atoms with Crippen LogP contribution in [0.15, 0.2) is 18.2 Å². The lowest BCUT2D eigenvalue weighted by Gasteiger charge is -2.23. The van der Waals surface area contributed by atoms with Crippen LogP contribution in [0.4, 0.5) is 11.4 Å². The second-order valence-electron chi connectivity index (χ2n) is 4.33. The summed E-state index contributed by atoms with van der Waals surface area (Å²) in [4.78, 5) is 21.1. The van der Waals surface area contributed by atoms with E-state index in [-0.39, 0.29) is 11.3 Å². The number of hydrogen-bond donors (Lipinski definition) is 2. The quantitative estimate of drug-likeness (QED) is 0.651. The molecule has 1 aliphatic heterocycles.